The minimum absolute atomic E-state index is 0.234. The molecule has 3 rings (SSSR count). The van der Waals surface area contributed by atoms with Crippen LogP contribution in [0.3, 0.4) is 0 Å². The number of hydrogen-bond donors (Lipinski definition) is 2. The number of nitrogens with one attached hydrogen (secondary N) is 2. The SMILES string of the molecule is Cc1ccccc1NC(=O)NCc1ccnc(N2CCCCC2)n1. The summed E-state index contributed by atoms with van der Waals surface area (Å²) in [7, 11) is 0. The van der Waals surface area contributed by atoms with Gasteiger partial charge in [0.2, 0.25) is 5.95 Å². The van der Waals surface area contributed by atoms with E-state index in [1.54, 1.807) is 6.20 Å². The molecule has 0 atom stereocenters. The van der Waals surface area contributed by atoms with Crippen LogP contribution in [0.25, 0.3) is 0 Å². The Kier molecular flexibility index (Phi) is 5.25. The summed E-state index contributed by atoms with van der Waals surface area (Å²) < 4.78 is 0. The molecule has 1 saturated heterocycles. The molecule has 2 heterocycles. The van der Waals surface area contributed by atoms with Crippen LogP contribution in [-0.2, 0) is 6.54 Å². The summed E-state index contributed by atoms with van der Waals surface area (Å²) >= 11 is 0. The number of hydrogen-bond acceptors (Lipinski definition) is 4. The fourth-order valence-corrected chi connectivity index (χ4v) is 2.78. The lowest BCUT2D eigenvalue weighted by atomic mass is 10.1. The molecule has 2 N–H and O–H groups in total. The lowest BCUT2D eigenvalue weighted by Crippen LogP contribution is -2.32. The lowest BCUT2D eigenvalue weighted by Gasteiger charge is -2.26. The molecule has 24 heavy (non-hydrogen) atoms. The van der Waals surface area contributed by atoms with Gasteiger partial charge in [-0.05, 0) is 43.9 Å². The molecule has 1 aromatic carbocycles. The van der Waals surface area contributed by atoms with Crippen LogP contribution < -0.4 is 15.5 Å². The molecule has 0 spiro atoms. The number of urea groups is 1. The molecule has 2 aromatic rings. The van der Waals surface area contributed by atoms with Crippen LogP contribution in [-0.4, -0.2) is 29.1 Å². The maximum Gasteiger partial charge on any atom is 0.319 e. The second-order valence-electron chi connectivity index (χ2n) is 6.02. The van der Waals surface area contributed by atoms with Crippen molar-refractivity contribution < 1.29 is 4.79 Å². The number of aryl methyl sites for hydroxylation is 1. The largest absolute Gasteiger partial charge is 0.341 e. The lowest BCUT2D eigenvalue weighted by molar-refractivity contribution is 0.251. The number of carbonyl (C=O) groups excluding carboxylic acids is 1. The fraction of sp³-hybridized carbons (Fsp3) is 0.389. The smallest absolute Gasteiger partial charge is 0.319 e. The van der Waals surface area contributed by atoms with Gasteiger partial charge in [-0.2, -0.15) is 0 Å². The summed E-state index contributed by atoms with van der Waals surface area (Å²) in [5, 5.41) is 5.70. The molecule has 6 nitrogen and oxygen atoms in total. The zero-order valence-corrected chi connectivity index (χ0v) is 14.0. The average Bonchev–Trinajstić information content (AvgIpc) is 2.63. The molecule has 0 bridgehead atoms. The highest BCUT2D eigenvalue weighted by atomic mass is 16.2. The van der Waals surface area contributed by atoms with Gasteiger partial charge >= 0.3 is 6.03 Å². The molecular formula is C18H23N5O. The van der Waals surface area contributed by atoms with E-state index >= 15 is 0 Å². The second kappa shape index (κ2) is 7.77. The molecule has 1 fully saturated rings. The van der Waals surface area contributed by atoms with Crippen LogP contribution in [0.5, 0.6) is 0 Å². The first kappa shape index (κ1) is 16.2. The van der Waals surface area contributed by atoms with E-state index in [9.17, 15) is 4.79 Å². The highest BCUT2D eigenvalue weighted by molar-refractivity contribution is 5.89. The maximum atomic E-state index is 12.0. The van der Waals surface area contributed by atoms with Crippen LogP contribution in [0.15, 0.2) is 36.5 Å². The van der Waals surface area contributed by atoms with E-state index < -0.39 is 0 Å². The molecule has 1 aromatic heterocycles. The first-order valence-corrected chi connectivity index (χ1v) is 8.40. The Bertz CT molecular complexity index is 697. The summed E-state index contributed by atoms with van der Waals surface area (Å²) in [5.41, 5.74) is 2.65. The molecule has 0 aliphatic carbocycles. The van der Waals surface area contributed by atoms with E-state index in [1.807, 2.05) is 37.3 Å². The number of amides is 2. The van der Waals surface area contributed by atoms with Crippen molar-refractivity contribution in [2.24, 2.45) is 0 Å². The standard InChI is InChI=1S/C18H23N5O/c1-14-7-3-4-8-16(14)22-18(24)20-13-15-9-10-19-17(21-15)23-11-5-2-6-12-23/h3-4,7-10H,2,5-6,11-13H2,1H3,(H2,20,22,24). The van der Waals surface area contributed by atoms with Crippen molar-refractivity contribution in [3.63, 3.8) is 0 Å². The van der Waals surface area contributed by atoms with Crippen molar-refractivity contribution in [3.05, 3.63) is 47.8 Å². The Hall–Kier alpha value is -2.63. The van der Waals surface area contributed by atoms with Crippen molar-refractivity contribution in [2.75, 3.05) is 23.3 Å². The van der Waals surface area contributed by atoms with Gasteiger partial charge in [0.05, 0.1) is 12.2 Å². The fourth-order valence-electron chi connectivity index (χ4n) is 2.78. The third kappa shape index (κ3) is 4.22. The van der Waals surface area contributed by atoms with Gasteiger partial charge in [-0.3, -0.25) is 0 Å². The number of aromatic nitrogens is 2. The summed E-state index contributed by atoms with van der Waals surface area (Å²) in [5.74, 6) is 0.758. The Labute approximate surface area is 142 Å². The number of carbonyl (C=O) groups is 1. The molecule has 0 radical (unpaired) electrons. The van der Waals surface area contributed by atoms with E-state index in [4.69, 9.17) is 0 Å². The van der Waals surface area contributed by atoms with Crippen LogP contribution >= 0.6 is 0 Å². The van der Waals surface area contributed by atoms with E-state index in [-0.39, 0.29) is 6.03 Å². The van der Waals surface area contributed by atoms with Gasteiger partial charge in [0.1, 0.15) is 0 Å². The van der Waals surface area contributed by atoms with Crippen molar-refractivity contribution in [1.82, 2.24) is 15.3 Å². The van der Waals surface area contributed by atoms with E-state index in [0.29, 0.717) is 6.54 Å². The summed E-state index contributed by atoms with van der Waals surface area (Å²) in [4.78, 5) is 23.2. The van der Waals surface area contributed by atoms with Gasteiger partial charge in [0.15, 0.2) is 0 Å². The van der Waals surface area contributed by atoms with Crippen molar-refractivity contribution in [1.29, 1.82) is 0 Å². The van der Waals surface area contributed by atoms with Crippen LogP contribution in [0.2, 0.25) is 0 Å². The average molecular weight is 325 g/mol. The normalized spacial score (nSPS) is 14.3. The van der Waals surface area contributed by atoms with E-state index in [1.165, 1.54) is 19.3 Å². The Morgan fingerprint density at radius 3 is 2.75 bits per heavy atom. The first-order chi connectivity index (χ1) is 11.7. The summed E-state index contributed by atoms with van der Waals surface area (Å²) in [6, 6.07) is 9.29. The van der Waals surface area contributed by atoms with Gasteiger partial charge in [0, 0.05) is 25.0 Å². The Morgan fingerprint density at radius 2 is 1.96 bits per heavy atom. The minimum atomic E-state index is -0.234. The molecule has 2 amide bonds. The molecule has 1 aliphatic heterocycles. The molecule has 1 aliphatic rings. The van der Waals surface area contributed by atoms with Crippen molar-refractivity contribution >= 4 is 17.7 Å². The first-order valence-electron chi connectivity index (χ1n) is 8.40. The highest BCUT2D eigenvalue weighted by Gasteiger charge is 2.13. The molecular weight excluding hydrogens is 302 g/mol. The van der Waals surface area contributed by atoms with Crippen molar-refractivity contribution in [3.8, 4) is 0 Å². The zero-order chi connectivity index (χ0) is 16.8. The van der Waals surface area contributed by atoms with Gasteiger partial charge in [0.25, 0.3) is 0 Å². The van der Waals surface area contributed by atoms with Gasteiger partial charge in [-0.25, -0.2) is 14.8 Å². The van der Waals surface area contributed by atoms with Gasteiger partial charge in [-0.1, -0.05) is 18.2 Å². The Balaban J connectivity index is 1.56. The predicted octanol–water partition coefficient (Wildman–Crippen LogP) is 3.10. The molecule has 0 saturated carbocycles. The maximum absolute atomic E-state index is 12.0. The molecule has 6 heteroatoms. The molecule has 0 unspecified atom stereocenters. The van der Waals surface area contributed by atoms with E-state index in [2.05, 4.69) is 25.5 Å². The second-order valence-corrected chi connectivity index (χ2v) is 6.02. The number of para-hydroxylation sites is 1. The van der Waals surface area contributed by atoms with E-state index in [0.717, 1.165) is 36.0 Å². The van der Waals surface area contributed by atoms with Crippen LogP contribution in [0.1, 0.15) is 30.5 Å². The Morgan fingerprint density at radius 1 is 1.17 bits per heavy atom. The zero-order valence-electron chi connectivity index (χ0n) is 14.0. The van der Waals surface area contributed by atoms with Crippen LogP contribution in [0.4, 0.5) is 16.4 Å². The topological polar surface area (TPSA) is 70.2 Å². The number of anilines is 2. The van der Waals surface area contributed by atoms with Gasteiger partial charge in [-0.15, -0.1) is 0 Å². The number of piperidine rings is 1. The van der Waals surface area contributed by atoms with Crippen molar-refractivity contribution in [2.45, 2.75) is 32.7 Å². The van der Waals surface area contributed by atoms with Gasteiger partial charge < -0.3 is 15.5 Å². The van der Waals surface area contributed by atoms with Crippen LogP contribution in [0, 0.1) is 6.92 Å². The quantitative estimate of drug-likeness (QED) is 0.906. The minimum Gasteiger partial charge on any atom is -0.341 e. The monoisotopic (exact) mass is 325 g/mol. The predicted molar refractivity (Wildman–Crippen MR) is 95.1 cm³/mol. The third-order valence-corrected chi connectivity index (χ3v) is 4.16. The molecule has 126 valence electrons. The number of nitrogens with zero attached hydrogens (tertiary/aromatic N) is 3. The highest BCUT2D eigenvalue weighted by Crippen LogP contribution is 2.15. The number of rotatable bonds is 4. The summed E-state index contributed by atoms with van der Waals surface area (Å²) in [6.07, 6.45) is 5.40. The number of benzene rings is 1. The third-order valence-electron chi connectivity index (χ3n) is 4.16. The summed E-state index contributed by atoms with van der Waals surface area (Å²) in [6.45, 7) is 4.35.